The molecule has 0 saturated carbocycles. The average Bonchev–Trinajstić information content (AvgIpc) is 2.46. The van der Waals surface area contributed by atoms with E-state index in [-0.39, 0.29) is 28.8 Å². The number of ketones is 1. The highest BCUT2D eigenvalue weighted by molar-refractivity contribution is 5.79. The Kier molecular flexibility index (Phi) is 3.30. The normalized spacial score (nSPS) is 34.1. The van der Waals surface area contributed by atoms with Gasteiger partial charge in [-0.3, -0.25) is 4.79 Å². The molecule has 0 aromatic heterocycles. The highest BCUT2D eigenvalue weighted by Crippen LogP contribution is 2.48. The Hall–Kier alpha value is -0.370. The van der Waals surface area contributed by atoms with Crippen LogP contribution in [0, 0.1) is 11.3 Å². The van der Waals surface area contributed by atoms with Gasteiger partial charge >= 0.3 is 0 Å². The molecule has 2 heteroatoms. The van der Waals surface area contributed by atoms with Crippen molar-refractivity contribution in [1.82, 2.24) is 0 Å². The van der Waals surface area contributed by atoms with Crippen molar-refractivity contribution in [3.8, 4) is 0 Å². The number of Topliss-reactive ketones (excluding diaryl/α,β-unsaturated/α-hetero) is 1. The Morgan fingerprint density at radius 3 is 2.27 bits per heavy atom. The van der Waals surface area contributed by atoms with Crippen molar-refractivity contribution < 1.29 is 9.53 Å². The molecule has 1 heterocycles. The fourth-order valence-corrected chi connectivity index (χ4v) is 2.74. The van der Waals surface area contributed by atoms with Crippen molar-refractivity contribution in [2.75, 3.05) is 0 Å². The summed E-state index contributed by atoms with van der Waals surface area (Å²) in [4.78, 5) is 11.6. The predicted octanol–water partition coefficient (Wildman–Crippen LogP) is 3.20. The van der Waals surface area contributed by atoms with Crippen molar-refractivity contribution in [3.05, 3.63) is 0 Å². The summed E-state index contributed by atoms with van der Waals surface area (Å²) in [5.74, 6) is 0.224. The lowest BCUT2D eigenvalue weighted by molar-refractivity contribution is -0.155. The first kappa shape index (κ1) is 12.7. The van der Waals surface area contributed by atoms with E-state index in [9.17, 15) is 4.79 Å². The third kappa shape index (κ3) is 2.10. The summed E-state index contributed by atoms with van der Waals surface area (Å²) < 4.78 is 6.12. The molecule has 0 unspecified atom stereocenters. The second-order valence-electron chi connectivity index (χ2n) is 5.94. The third-order valence-corrected chi connectivity index (χ3v) is 3.91. The first-order valence-electron chi connectivity index (χ1n) is 5.89. The second-order valence-corrected chi connectivity index (χ2v) is 5.94. The van der Waals surface area contributed by atoms with Gasteiger partial charge in [0.25, 0.3) is 0 Å². The molecule has 2 nitrogen and oxygen atoms in total. The van der Waals surface area contributed by atoms with Crippen LogP contribution in [0.1, 0.15) is 54.4 Å². The number of hydrogen-bond donors (Lipinski definition) is 0. The molecule has 1 aliphatic rings. The van der Waals surface area contributed by atoms with Crippen LogP contribution in [0.4, 0.5) is 0 Å². The van der Waals surface area contributed by atoms with Gasteiger partial charge in [-0.25, -0.2) is 0 Å². The van der Waals surface area contributed by atoms with E-state index in [1.165, 1.54) is 0 Å². The Balaban J connectivity index is 3.03. The molecular weight excluding hydrogens is 188 g/mol. The molecule has 0 aliphatic carbocycles. The molecule has 0 spiro atoms. The van der Waals surface area contributed by atoms with Gasteiger partial charge in [-0.1, -0.05) is 27.7 Å². The van der Waals surface area contributed by atoms with Crippen LogP contribution in [0.2, 0.25) is 0 Å². The van der Waals surface area contributed by atoms with Gasteiger partial charge in [-0.05, 0) is 32.1 Å². The summed E-state index contributed by atoms with van der Waals surface area (Å²) in [6.45, 7) is 12.3. The highest BCUT2D eigenvalue weighted by Gasteiger charge is 2.52. The van der Waals surface area contributed by atoms with E-state index in [0.717, 1.165) is 12.8 Å². The second kappa shape index (κ2) is 3.89. The van der Waals surface area contributed by atoms with Gasteiger partial charge in [0.05, 0.1) is 11.7 Å². The molecule has 0 aromatic carbocycles. The first-order chi connectivity index (χ1) is 6.71. The van der Waals surface area contributed by atoms with E-state index in [0.29, 0.717) is 0 Å². The molecule has 0 bridgehead atoms. The monoisotopic (exact) mass is 212 g/mol. The zero-order valence-electron chi connectivity index (χ0n) is 10.9. The molecular formula is C13H24O2. The molecule has 0 radical (unpaired) electrons. The van der Waals surface area contributed by atoms with E-state index >= 15 is 0 Å². The van der Waals surface area contributed by atoms with Gasteiger partial charge in [0.2, 0.25) is 0 Å². The molecule has 1 aliphatic heterocycles. The van der Waals surface area contributed by atoms with Crippen LogP contribution in [0.25, 0.3) is 0 Å². The van der Waals surface area contributed by atoms with E-state index in [1.54, 1.807) is 6.92 Å². The number of rotatable bonds is 2. The molecule has 1 saturated heterocycles. The lowest BCUT2D eigenvalue weighted by atomic mass is 9.67. The Bertz CT molecular complexity index is 252. The Morgan fingerprint density at radius 2 is 2.00 bits per heavy atom. The lowest BCUT2D eigenvalue weighted by Crippen LogP contribution is -2.50. The lowest BCUT2D eigenvalue weighted by Gasteiger charge is -2.45. The summed E-state index contributed by atoms with van der Waals surface area (Å²) in [6.07, 6.45) is 2.35. The van der Waals surface area contributed by atoms with Crippen molar-refractivity contribution in [1.29, 1.82) is 0 Å². The molecule has 0 aromatic rings. The zero-order chi connectivity index (χ0) is 11.9. The summed E-state index contributed by atoms with van der Waals surface area (Å²) >= 11 is 0. The summed E-state index contributed by atoms with van der Waals surface area (Å²) in [5.41, 5.74) is -0.249. The standard InChI is InChI=1S/C13H24O2/c1-9-7-8-13(15-9,12(4,5)6)10(2)11(3)14/h9-10H,7-8H2,1-6H3/t9-,10-,13+/m1/s1. The van der Waals surface area contributed by atoms with Crippen LogP contribution >= 0.6 is 0 Å². The quantitative estimate of drug-likeness (QED) is 0.702. The molecule has 1 fully saturated rings. The van der Waals surface area contributed by atoms with Crippen LogP contribution < -0.4 is 0 Å². The van der Waals surface area contributed by atoms with Crippen LogP contribution in [0.3, 0.4) is 0 Å². The van der Waals surface area contributed by atoms with Crippen molar-refractivity contribution in [3.63, 3.8) is 0 Å². The van der Waals surface area contributed by atoms with Gasteiger partial charge < -0.3 is 4.74 Å². The largest absolute Gasteiger partial charge is 0.371 e. The minimum absolute atomic E-state index is 0.0116. The number of carbonyl (C=O) groups is 1. The number of hydrogen-bond acceptors (Lipinski definition) is 2. The van der Waals surface area contributed by atoms with Crippen LogP contribution in [0.5, 0.6) is 0 Å². The van der Waals surface area contributed by atoms with Gasteiger partial charge in [-0.15, -0.1) is 0 Å². The van der Waals surface area contributed by atoms with Crippen molar-refractivity contribution >= 4 is 5.78 Å². The van der Waals surface area contributed by atoms with Crippen LogP contribution in [-0.2, 0) is 9.53 Å². The summed E-state index contributed by atoms with van der Waals surface area (Å²) in [6, 6.07) is 0. The first-order valence-corrected chi connectivity index (χ1v) is 5.89. The zero-order valence-corrected chi connectivity index (χ0v) is 10.9. The Labute approximate surface area is 93.4 Å². The van der Waals surface area contributed by atoms with Gasteiger partial charge in [-0.2, -0.15) is 0 Å². The smallest absolute Gasteiger partial charge is 0.135 e. The van der Waals surface area contributed by atoms with Gasteiger partial charge in [0, 0.05) is 5.92 Å². The van der Waals surface area contributed by atoms with Crippen LogP contribution in [0.15, 0.2) is 0 Å². The highest BCUT2D eigenvalue weighted by atomic mass is 16.5. The molecule has 3 atom stereocenters. The number of ether oxygens (including phenoxy) is 1. The molecule has 88 valence electrons. The third-order valence-electron chi connectivity index (χ3n) is 3.91. The van der Waals surface area contributed by atoms with Crippen molar-refractivity contribution in [2.45, 2.75) is 66.1 Å². The van der Waals surface area contributed by atoms with Gasteiger partial charge in [0.15, 0.2) is 0 Å². The predicted molar refractivity (Wildman–Crippen MR) is 61.8 cm³/mol. The maximum atomic E-state index is 11.6. The van der Waals surface area contributed by atoms with E-state index < -0.39 is 0 Å². The summed E-state index contributed by atoms with van der Waals surface area (Å²) in [7, 11) is 0. The maximum Gasteiger partial charge on any atom is 0.135 e. The van der Waals surface area contributed by atoms with E-state index in [1.807, 2.05) is 6.92 Å². The molecule has 15 heavy (non-hydrogen) atoms. The topological polar surface area (TPSA) is 26.3 Å². The average molecular weight is 212 g/mol. The Morgan fingerprint density at radius 1 is 1.47 bits per heavy atom. The minimum atomic E-state index is -0.266. The molecule has 0 amide bonds. The fraction of sp³-hybridized carbons (Fsp3) is 0.923. The van der Waals surface area contributed by atoms with Crippen molar-refractivity contribution in [2.24, 2.45) is 11.3 Å². The fourth-order valence-electron chi connectivity index (χ4n) is 2.74. The van der Waals surface area contributed by atoms with E-state index in [2.05, 4.69) is 27.7 Å². The van der Waals surface area contributed by atoms with E-state index in [4.69, 9.17) is 4.74 Å². The molecule has 1 rings (SSSR count). The minimum Gasteiger partial charge on any atom is -0.371 e. The van der Waals surface area contributed by atoms with Crippen LogP contribution in [-0.4, -0.2) is 17.5 Å². The number of carbonyl (C=O) groups excluding carboxylic acids is 1. The van der Waals surface area contributed by atoms with Gasteiger partial charge in [0.1, 0.15) is 5.78 Å². The molecule has 0 N–H and O–H groups in total. The summed E-state index contributed by atoms with van der Waals surface area (Å²) in [5, 5.41) is 0. The maximum absolute atomic E-state index is 11.6. The SMILES string of the molecule is CC(=O)[C@@H](C)[C@]1(C(C)(C)C)CC[C@@H](C)O1.